The molecule has 0 saturated heterocycles. The molecule has 0 fully saturated rings. The molecule has 3 aromatic carbocycles. The van der Waals surface area contributed by atoms with Gasteiger partial charge in [0.05, 0.1) is 21.8 Å². The van der Waals surface area contributed by atoms with Gasteiger partial charge in [-0.2, -0.15) is 0 Å². The van der Waals surface area contributed by atoms with Crippen LogP contribution in [0.3, 0.4) is 0 Å². The lowest BCUT2D eigenvalue weighted by Crippen LogP contribution is -2.41. The average molecular weight is 494 g/mol. The van der Waals surface area contributed by atoms with Crippen LogP contribution in [0, 0.1) is 0 Å². The molecule has 3 aromatic rings. The van der Waals surface area contributed by atoms with Crippen molar-refractivity contribution in [1.82, 2.24) is 5.32 Å². The summed E-state index contributed by atoms with van der Waals surface area (Å²) in [6, 6.07) is 21.8. The largest absolute Gasteiger partial charge is 0.347 e. The van der Waals surface area contributed by atoms with Gasteiger partial charge in [-0.1, -0.05) is 55.5 Å². The first-order valence-corrected chi connectivity index (χ1v) is 12.8. The number of sulfonamides is 1. The van der Waals surface area contributed by atoms with Gasteiger partial charge in [-0.3, -0.25) is 13.9 Å². The number of benzene rings is 3. The van der Waals surface area contributed by atoms with Gasteiger partial charge in [0.2, 0.25) is 5.91 Å². The molecule has 0 aliphatic carbocycles. The Morgan fingerprint density at radius 3 is 2.11 bits per heavy atom. The summed E-state index contributed by atoms with van der Waals surface area (Å²) in [7, 11) is -4.03. The van der Waals surface area contributed by atoms with Gasteiger partial charge >= 0.3 is 0 Å². The van der Waals surface area contributed by atoms with Crippen LogP contribution < -0.4 is 14.9 Å². The highest BCUT2D eigenvalue weighted by atomic mass is 32.2. The van der Waals surface area contributed by atoms with Gasteiger partial charge in [0.15, 0.2) is 0 Å². The number of hydrogen-bond acceptors (Lipinski definition) is 4. The number of hydrogen-bond donors (Lipinski definition) is 2. The fourth-order valence-corrected chi connectivity index (χ4v) is 5.07. The summed E-state index contributed by atoms with van der Waals surface area (Å²) in [4.78, 5) is 26.0. The minimum absolute atomic E-state index is 0.0867. The smallest absolute Gasteiger partial charge is 0.264 e. The van der Waals surface area contributed by atoms with Gasteiger partial charge < -0.3 is 10.6 Å². The highest BCUT2D eigenvalue weighted by molar-refractivity contribution is 7.92. The molecule has 0 heterocycles. The highest BCUT2D eigenvalue weighted by Crippen LogP contribution is 2.28. The van der Waals surface area contributed by atoms with E-state index in [0.29, 0.717) is 23.4 Å². The Morgan fingerprint density at radius 2 is 1.46 bits per heavy atom. The quantitative estimate of drug-likeness (QED) is 0.479. The molecule has 3 rings (SSSR count). The van der Waals surface area contributed by atoms with E-state index in [1.807, 2.05) is 39.8 Å². The van der Waals surface area contributed by atoms with Crippen LogP contribution in [0.1, 0.15) is 43.6 Å². The molecule has 0 aromatic heterocycles. The summed E-state index contributed by atoms with van der Waals surface area (Å²) in [6.45, 7) is 7.07. The zero-order valence-electron chi connectivity index (χ0n) is 20.4. The fourth-order valence-electron chi connectivity index (χ4n) is 3.59. The molecule has 0 unspecified atom stereocenters. The van der Waals surface area contributed by atoms with Gasteiger partial charge in [-0.25, -0.2) is 8.42 Å². The minimum atomic E-state index is -4.03. The number of rotatable bonds is 8. The van der Waals surface area contributed by atoms with Crippen molar-refractivity contribution in [1.29, 1.82) is 0 Å². The van der Waals surface area contributed by atoms with Crippen LogP contribution in [0.2, 0.25) is 0 Å². The number of nitrogens with zero attached hydrogens (tertiary/aromatic N) is 1. The van der Waals surface area contributed by atoms with Crippen molar-refractivity contribution in [3.8, 4) is 0 Å². The molecule has 8 heteroatoms. The molecule has 0 bridgehead atoms. The first-order chi connectivity index (χ1) is 16.5. The van der Waals surface area contributed by atoms with Crippen LogP contribution in [0.5, 0.6) is 0 Å². The zero-order valence-corrected chi connectivity index (χ0v) is 21.2. The van der Waals surface area contributed by atoms with Gasteiger partial charge in [0, 0.05) is 5.54 Å². The summed E-state index contributed by atoms with van der Waals surface area (Å²) in [5.41, 5.74) is 1.37. The molecule has 35 heavy (non-hydrogen) atoms. The molecule has 0 aliphatic heterocycles. The topological polar surface area (TPSA) is 95.6 Å². The highest BCUT2D eigenvalue weighted by Gasteiger charge is 2.29. The SMILES string of the molecule is CCc1ccccc1N(CC(=O)Nc1ccccc1C(=O)NC(C)(C)C)S(=O)(=O)c1ccccc1. The van der Waals surface area contributed by atoms with Crippen molar-refractivity contribution in [3.63, 3.8) is 0 Å². The molecule has 0 aliphatic rings. The number of carbonyl (C=O) groups excluding carboxylic acids is 2. The maximum absolute atomic E-state index is 13.6. The number of nitrogens with one attached hydrogen (secondary N) is 2. The fraction of sp³-hybridized carbons (Fsp3) is 0.259. The van der Waals surface area contributed by atoms with Crippen LogP contribution in [-0.4, -0.2) is 32.3 Å². The van der Waals surface area contributed by atoms with E-state index in [0.717, 1.165) is 9.87 Å². The standard InChI is InChI=1S/C27H31N3O4S/c1-5-20-13-9-12-18-24(20)30(35(33,34)21-14-7-6-8-15-21)19-25(31)28-23-17-11-10-16-22(23)26(32)29-27(2,3)4/h6-18H,5,19H2,1-4H3,(H,28,31)(H,29,32). The number of carbonyl (C=O) groups is 2. The second kappa shape index (κ2) is 10.7. The van der Waals surface area contributed by atoms with Crippen LogP contribution in [0.15, 0.2) is 83.8 Å². The molecular weight excluding hydrogens is 462 g/mol. The lowest BCUT2D eigenvalue weighted by molar-refractivity contribution is -0.114. The monoisotopic (exact) mass is 493 g/mol. The van der Waals surface area contributed by atoms with E-state index in [9.17, 15) is 18.0 Å². The second-order valence-electron chi connectivity index (χ2n) is 9.10. The number of anilines is 2. The first kappa shape index (κ1) is 26.0. The maximum atomic E-state index is 13.6. The molecule has 2 N–H and O–H groups in total. The van der Waals surface area contributed by atoms with Crippen molar-refractivity contribution in [2.24, 2.45) is 0 Å². The van der Waals surface area contributed by atoms with Crippen LogP contribution in [0.25, 0.3) is 0 Å². The lowest BCUT2D eigenvalue weighted by Gasteiger charge is -2.26. The second-order valence-corrected chi connectivity index (χ2v) is 11.0. The van der Waals surface area contributed by atoms with E-state index < -0.39 is 28.0 Å². The Labute approximate surface area is 207 Å². The summed E-state index contributed by atoms with van der Waals surface area (Å²) >= 11 is 0. The van der Waals surface area contributed by atoms with E-state index in [4.69, 9.17) is 0 Å². The van der Waals surface area contributed by atoms with Gasteiger partial charge in [0.25, 0.3) is 15.9 Å². The summed E-state index contributed by atoms with van der Waals surface area (Å²) in [5, 5.41) is 5.61. The lowest BCUT2D eigenvalue weighted by atomic mass is 10.1. The number of aryl methyl sites for hydroxylation is 1. The minimum Gasteiger partial charge on any atom is -0.347 e. The Kier molecular flexibility index (Phi) is 7.96. The van der Waals surface area contributed by atoms with E-state index in [2.05, 4.69) is 10.6 Å². The Bertz CT molecular complexity index is 1300. The van der Waals surface area contributed by atoms with Crippen LogP contribution in [0.4, 0.5) is 11.4 Å². The van der Waals surface area contributed by atoms with E-state index in [1.54, 1.807) is 54.6 Å². The van der Waals surface area contributed by atoms with Crippen molar-refractivity contribution in [2.45, 2.75) is 44.6 Å². The Balaban J connectivity index is 1.95. The van der Waals surface area contributed by atoms with E-state index in [1.165, 1.54) is 12.1 Å². The third-order valence-corrected chi connectivity index (χ3v) is 6.97. The zero-order chi connectivity index (χ0) is 25.6. The third-order valence-electron chi connectivity index (χ3n) is 5.19. The summed E-state index contributed by atoms with van der Waals surface area (Å²) < 4.78 is 28.3. The van der Waals surface area contributed by atoms with Crippen molar-refractivity contribution in [3.05, 3.63) is 90.0 Å². The molecule has 0 spiro atoms. The number of amides is 2. The average Bonchev–Trinajstić information content (AvgIpc) is 2.82. The van der Waals surface area contributed by atoms with Crippen LogP contribution in [-0.2, 0) is 21.2 Å². The van der Waals surface area contributed by atoms with Crippen molar-refractivity contribution >= 4 is 33.2 Å². The Morgan fingerprint density at radius 1 is 0.857 bits per heavy atom. The predicted molar refractivity (Wildman–Crippen MR) is 139 cm³/mol. The third kappa shape index (κ3) is 6.48. The summed E-state index contributed by atoms with van der Waals surface area (Å²) in [6.07, 6.45) is 0.592. The van der Waals surface area contributed by atoms with E-state index in [-0.39, 0.29) is 10.8 Å². The molecule has 7 nitrogen and oxygen atoms in total. The molecule has 2 amide bonds. The van der Waals surface area contributed by atoms with Crippen molar-refractivity contribution in [2.75, 3.05) is 16.2 Å². The van der Waals surface area contributed by atoms with Crippen molar-refractivity contribution < 1.29 is 18.0 Å². The maximum Gasteiger partial charge on any atom is 0.264 e. The molecule has 0 radical (unpaired) electrons. The van der Waals surface area contributed by atoms with Gasteiger partial charge in [-0.05, 0) is 63.1 Å². The summed E-state index contributed by atoms with van der Waals surface area (Å²) in [5.74, 6) is -0.898. The predicted octanol–water partition coefficient (Wildman–Crippen LogP) is 4.61. The normalized spacial score (nSPS) is 11.5. The molecule has 0 saturated carbocycles. The van der Waals surface area contributed by atoms with E-state index >= 15 is 0 Å². The van der Waals surface area contributed by atoms with Crippen LogP contribution >= 0.6 is 0 Å². The van der Waals surface area contributed by atoms with Gasteiger partial charge in [-0.15, -0.1) is 0 Å². The molecule has 0 atom stereocenters. The molecular formula is C27H31N3O4S. The first-order valence-electron chi connectivity index (χ1n) is 11.4. The number of para-hydroxylation sites is 2. The van der Waals surface area contributed by atoms with Gasteiger partial charge in [0.1, 0.15) is 6.54 Å². The molecule has 184 valence electrons. The Hall–Kier alpha value is -3.65.